The molecule has 24 heavy (non-hydrogen) atoms. The van der Waals surface area contributed by atoms with Crippen LogP contribution in [0.2, 0.25) is 0 Å². The topological polar surface area (TPSA) is 29.4 Å². The van der Waals surface area contributed by atoms with Crippen molar-refractivity contribution in [2.24, 2.45) is 4.99 Å². The molecule has 0 unspecified atom stereocenters. The summed E-state index contributed by atoms with van der Waals surface area (Å²) in [7, 11) is 0. The van der Waals surface area contributed by atoms with Gasteiger partial charge >= 0.3 is 0 Å². The van der Waals surface area contributed by atoms with Gasteiger partial charge in [-0.2, -0.15) is 0 Å². The van der Waals surface area contributed by atoms with Gasteiger partial charge in [0.05, 0.1) is 5.69 Å². The third-order valence-electron chi connectivity index (χ3n) is 3.49. The van der Waals surface area contributed by atoms with Crippen molar-refractivity contribution in [2.45, 2.75) is 0 Å². The monoisotopic (exact) mass is 381 g/mol. The molecule has 0 amide bonds. The molecule has 0 radical (unpaired) electrons. The smallest absolute Gasteiger partial charge is 0.195 e. The first-order valence-corrected chi connectivity index (χ1v) is 8.12. The molecular formula is C20H13BrFNO. The molecule has 0 saturated carbocycles. The first-order valence-electron chi connectivity index (χ1n) is 7.33. The van der Waals surface area contributed by atoms with E-state index in [0.29, 0.717) is 22.4 Å². The van der Waals surface area contributed by atoms with Gasteiger partial charge in [0.25, 0.3) is 0 Å². The second-order valence-electron chi connectivity index (χ2n) is 5.14. The number of hydrogen-bond acceptors (Lipinski definition) is 2. The molecule has 118 valence electrons. The number of ketones is 1. The van der Waals surface area contributed by atoms with Crippen LogP contribution in [-0.4, -0.2) is 12.0 Å². The summed E-state index contributed by atoms with van der Waals surface area (Å²) in [6, 6.07) is 20.6. The molecule has 0 aliphatic carbocycles. The molecule has 0 bridgehead atoms. The van der Waals surface area contributed by atoms with Crippen LogP contribution in [0.25, 0.3) is 0 Å². The van der Waals surface area contributed by atoms with Gasteiger partial charge in [-0.25, -0.2) is 4.39 Å². The molecule has 0 saturated heterocycles. The summed E-state index contributed by atoms with van der Waals surface area (Å²) in [4.78, 5) is 17.0. The van der Waals surface area contributed by atoms with Crippen LogP contribution in [0.4, 0.5) is 10.1 Å². The van der Waals surface area contributed by atoms with E-state index in [1.54, 1.807) is 48.5 Å². The van der Waals surface area contributed by atoms with Gasteiger partial charge in [-0.1, -0.05) is 64.5 Å². The summed E-state index contributed by atoms with van der Waals surface area (Å²) in [5.41, 5.74) is 1.91. The summed E-state index contributed by atoms with van der Waals surface area (Å²) in [5.74, 6) is -0.480. The minimum Gasteiger partial charge on any atom is -0.289 e. The Kier molecular flexibility index (Phi) is 4.96. The summed E-state index contributed by atoms with van der Waals surface area (Å²) in [6.07, 6.45) is 1.43. The molecule has 0 heterocycles. The Morgan fingerprint density at radius 2 is 1.67 bits per heavy atom. The van der Waals surface area contributed by atoms with Crippen molar-refractivity contribution in [3.63, 3.8) is 0 Å². The van der Waals surface area contributed by atoms with Gasteiger partial charge in [-0.05, 0) is 24.3 Å². The van der Waals surface area contributed by atoms with Crippen molar-refractivity contribution in [3.8, 4) is 0 Å². The van der Waals surface area contributed by atoms with Crippen molar-refractivity contribution in [1.29, 1.82) is 0 Å². The third kappa shape index (κ3) is 3.66. The maximum atomic E-state index is 13.7. The van der Waals surface area contributed by atoms with Crippen LogP contribution < -0.4 is 0 Å². The number of benzene rings is 3. The van der Waals surface area contributed by atoms with E-state index >= 15 is 0 Å². The molecule has 3 rings (SSSR count). The highest BCUT2D eigenvalue weighted by molar-refractivity contribution is 9.10. The molecular weight excluding hydrogens is 369 g/mol. The summed E-state index contributed by atoms with van der Waals surface area (Å²) in [5, 5.41) is 0. The van der Waals surface area contributed by atoms with Crippen molar-refractivity contribution >= 4 is 33.6 Å². The molecule has 2 nitrogen and oxygen atoms in total. The first kappa shape index (κ1) is 16.3. The summed E-state index contributed by atoms with van der Waals surface area (Å²) < 4.78 is 14.5. The quantitative estimate of drug-likeness (QED) is 0.429. The molecule has 0 aliphatic heterocycles. The zero-order valence-electron chi connectivity index (χ0n) is 12.6. The van der Waals surface area contributed by atoms with Crippen molar-refractivity contribution in [3.05, 3.63) is 99.8 Å². The molecule has 4 heteroatoms. The lowest BCUT2D eigenvalue weighted by Crippen LogP contribution is -2.01. The van der Waals surface area contributed by atoms with Crippen LogP contribution in [0.3, 0.4) is 0 Å². The summed E-state index contributed by atoms with van der Waals surface area (Å²) >= 11 is 3.38. The van der Waals surface area contributed by atoms with Crippen molar-refractivity contribution in [2.75, 3.05) is 0 Å². The number of aliphatic imine (C=N–C) groups is 1. The Morgan fingerprint density at radius 3 is 2.42 bits per heavy atom. The van der Waals surface area contributed by atoms with E-state index in [1.165, 1.54) is 12.3 Å². The highest BCUT2D eigenvalue weighted by Gasteiger charge is 2.13. The minimum atomic E-state index is -0.353. The fourth-order valence-corrected chi connectivity index (χ4v) is 2.63. The minimum absolute atomic E-state index is 0.127. The van der Waals surface area contributed by atoms with Gasteiger partial charge in [0, 0.05) is 27.4 Å². The van der Waals surface area contributed by atoms with Crippen LogP contribution in [0.1, 0.15) is 21.5 Å². The van der Waals surface area contributed by atoms with Crippen molar-refractivity contribution < 1.29 is 9.18 Å². The lowest BCUT2D eigenvalue weighted by molar-refractivity contribution is 0.103. The molecule has 0 spiro atoms. The van der Waals surface area contributed by atoms with E-state index in [9.17, 15) is 9.18 Å². The van der Waals surface area contributed by atoms with E-state index in [-0.39, 0.29) is 11.6 Å². The van der Waals surface area contributed by atoms with E-state index in [4.69, 9.17) is 0 Å². The number of carbonyl (C=O) groups excluding carboxylic acids is 1. The van der Waals surface area contributed by atoms with Gasteiger partial charge < -0.3 is 0 Å². The SMILES string of the molecule is O=C(c1ccccc1)c1cc(Br)ccc1N=Cc1ccccc1F. The number of hydrogen-bond donors (Lipinski definition) is 0. The Labute approximate surface area is 147 Å². The number of nitrogens with zero attached hydrogens (tertiary/aromatic N) is 1. The molecule has 0 aliphatic rings. The van der Waals surface area contributed by atoms with Crippen molar-refractivity contribution in [1.82, 2.24) is 0 Å². The number of carbonyl (C=O) groups is 1. The molecule has 3 aromatic carbocycles. The maximum absolute atomic E-state index is 13.7. The maximum Gasteiger partial charge on any atom is 0.195 e. The van der Waals surface area contributed by atoms with E-state index in [2.05, 4.69) is 20.9 Å². The lowest BCUT2D eigenvalue weighted by Gasteiger charge is -2.06. The molecule has 0 fully saturated rings. The molecule has 0 atom stereocenters. The van der Waals surface area contributed by atoms with E-state index in [0.717, 1.165) is 4.47 Å². The average molecular weight is 382 g/mol. The fraction of sp³-hybridized carbons (Fsp3) is 0. The second kappa shape index (κ2) is 7.32. The Balaban J connectivity index is 2.00. The molecule has 3 aromatic rings. The van der Waals surface area contributed by atoms with E-state index < -0.39 is 0 Å². The highest BCUT2D eigenvalue weighted by atomic mass is 79.9. The van der Waals surface area contributed by atoms with Gasteiger partial charge in [0.1, 0.15) is 5.82 Å². The first-order chi connectivity index (χ1) is 11.6. The van der Waals surface area contributed by atoms with Gasteiger partial charge in [-0.3, -0.25) is 9.79 Å². The molecule has 0 N–H and O–H groups in total. The Morgan fingerprint density at radius 1 is 0.958 bits per heavy atom. The zero-order valence-corrected chi connectivity index (χ0v) is 14.2. The van der Waals surface area contributed by atoms with Crippen LogP contribution in [0, 0.1) is 5.82 Å². The standard InChI is InChI=1S/C20H13BrFNO/c21-16-10-11-19(23-13-15-8-4-5-9-18(15)22)17(12-16)20(24)14-6-2-1-3-7-14/h1-13H. The number of rotatable bonds is 4. The molecule has 0 aromatic heterocycles. The Hall–Kier alpha value is -2.59. The fourth-order valence-electron chi connectivity index (χ4n) is 2.27. The predicted molar refractivity (Wildman–Crippen MR) is 97.7 cm³/mol. The van der Waals surface area contributed by atoms with Gasteiger partial charge in [0.2, 0.25) is 0 Å². The summed E-state index contributed by atoms with van der Waals surface area (Å²) in [6.45, 7) is 0. The van der Waals surface area contributed by atoms with Crippen LogP contribution in [0.15, 0.2) is 82.3 Å². The van der Waals surface area contributed by atoms with Gasteiger partial charge in [0.15, 0.2) is 5.78 Å². The highest BCUT2D eigenvalue weighted by Crippen LogP contribution is 2.26. The average Bonchev–Trinajstić information content (AvgIpc) is 2.62. The van der Waals surface area contributed by atoms with Gasteiger partial charge in [-0.15, -0.1) is 0 Å². The van der Waals surface area contributed by atoms with Crippen LogP contribution in [0.5, 0.6) is 0 Å². The van der Waals surface area contributed by atoms with E-state index in [1.807, 2.05) is 18.2 Å². The lowest BCUT2D eigenvalue weighted by atomic mass is 10.0. The largest absolute Gasteiger partial charge is 0.289 e. The van der Waals surface area contributed by atoms with Crippen LogP contribution in [-0.2, 0) is 0 Å². The van der Waals surface area contributed by atoms with Crippen LogP contribution >= 0.6 is 15.9 Å². The Bertz CT molecular complexity index is 907. The third-order valence-corrected chi connectivity index (χ3v) is 3.98. The second-order valence-corrected chi connectivity index (χ2v) is 6.05. The predicted octanol–water partition coefficient (Wildman–Crippen LogP) is 5.57. The zero-order chi connectivity index (χ0) is 16.9. The number of halogens is 2. The normalized spacial score (nSPS) is 10.9.